The monoisotopic (exact) mass is 102 g/mol. The Labute approximate surface area is 41.0 Å². The zero-order valence-electron chi connectivity index (χ0n) is 3.80. The van der Waals surface area contributed by atoms with E-state index >= 15 is 0 Å². The molecule has 0 fully saturated rings. The maximum absolute atomic E-state index is 3.74. The number of rotatable bonds is 1. The van der Waals surface area contributed by atoms with E-state index in [4.69, 9.17) is 0 Å². The SMILES string of the molecule is CSC1(C)N=N1. The van der Waals surface area contributed by atoms with E-state index in [0.717, 1.165) is 0 Å². The largest absolute Gasteiger partial charge is 0.233 e. The first-order valence-corrected chi connectivity index (χ1v) is 2.98. The molecule has 1 heterocycles. The fourth-order valence-corrected chi connectivity index (χ4v) is 0.356. The maximum Gasteiger partial charge on any atom is 0.233 e. The van der Waals surface area contributed by atoms with Crippen molar-refractivity contribution in [2.45, 2.75) is 11.9 Å². The van der Waals surface area contributed by atoms with Crippen LogP contribution in [-0.2, 0) is 0 Å². The first-order chi connectivity index (χ1) is 2.77. The molecule has 34 valence electrons. The highest BCUT2D eigenvalue weighted by molar-refractivity contribution is 8.00. The van der Waals surface area contributed by atoms with E-state index in [9.17, 15) is 0 Å². The van der Waals surface area contributed by atoms with Crippen LogP contribution in [-0.4, -0.2) is 11.3 Å². The highest BCUT2D eigenvalue weighted by Gasteiger charge is 2.31. The molecule has 0 saturated heterocycles. The van der Waals surface area contributed by atoms with Crippen molar-refractivity contribution in [1.82, 2.24) is 0 Å². The summed E-state index contributed by atoms with van der Waals surface area (Å²) < 4.78 is 0. The molecular weight excluding hydrogens is 96.1 g/mol. The molecule has 0 unspecified atom stereocenters. The highest BCUT2D eigenvalue weighted by atomic mass is 32.2. The van der Waals surface area contributed by atoms with E-state index in [1.165, 1.54) is 0 Å². The zero-order valence-corrected chi connectivity index (χ0v) is 4.62. The molecule has 2 nitrogen and oxygen atoms in total. The number of nitrogens with zero attached hydrogens (tertiary/aromatic N) is 2. The lowest BCUT2D eigenvalue weighted by Crippen LogP contribution is -1.91. The third kappa shape index (κ3) is 0.544. The van der Waals surface area contributed by atoms with Crippen LogP contribution in [0.25, 0.3) is 0 Å². The van der Waals surface area contributed by atoms with Gasteiger partial charge in [0.15, 0.2) is 0 Å². The van der Waals surface area contributed by atoms with E-state index in [1.807, 2.05) is 13.2 Å². The summed E-state index contributed by atoms with van der Waals surface area (Å²) in [7, 11) is 0. The minimum atomic E-state index is -0.0417. The predicted molar refractivity (Wildman–Crippen MR) is 26.8 cm³/mol. The lowest BCUT2D eigenvalue weighted by molar-refractivity contribution is 0.981. The van der Waals surface area contributed by atoms with Crippen LogP contribution >= 0.6 is 11.8 Å². The second kappa shape index (κ2) is 0.964. The Morgan fingerprint density at radius 1 is 1.50 bits per heavy atom. The number of hydrogen-bond acceptors (Lipinski definition) is 3. The van der Waals surface area contributed by atoms with Crippen LogP contribution in [0.15, 0.2) is 10.2 Å². The standard InChI is InChI=1S/C3H6N2S/c1-3(6-2)4-5-3/h1-2H3. The van der Waals surface area contributed by atoms with Crippen molar-refractivity contribution in [2.24, 2.45) is 10.2 Å². The molecule has 1 rings (SSSR count). The molecule has 0 aromatic heterocycles. The van der Waals surface area contributed by atoms with Crippen molar-refractivity contribution in [2.75, 3.05) is 6.26 Å². The smallest absolute Gasteiger partial charge is 0.147 e. The van der Waals surface area contributed by atoms with Gasteiger partial charge >= 0.3 is 0 Å². The van der Waals surface area contributed by atoms with Gasteiger partial charge < -0.3 is 0 Å². The van der Waals surface area contributed by atoms with Crippen LogP contribution in [0.3, 0.4) is 0 Å². The van der Waals surface area contributed by atoms with Crippen LogP contribution in [0.2, 0.25) is 0 Å². The molecule has 3 heteroatoms. The first kappa shape index (κ1) is 4.12. The van der Waals surface area contributed by atoms with Gasteiger partial charge in [-0.3, -0.25) is 0 Å². The fraction of sp³-hybridized carbons (Fsp3) is 1.00. The van der Waals surface area contributed by atoms with Gasteiger partial charge in [-0.05, 0) is 13.2 Å². The molecule has 0 atom stereocenters. The summed E-state index contributed by atoms with van der Waals surface area (Å²) >= 11 is 1.66. The van der Waals surface area contributed by atoms with Crippen molar-refractivity contribution in [3.05, 3.63) is 0 Å². The lowest BCUT2D eigenvalue weighted by Gasteiger charge is -1.90. The Morgan fingerprint density at radius 3 is 2.00 bits per heavy atom. The molecule has 0 spiro atoms. The van der Waals surface area contributed by atoms with Crippen LogP contribution in [0.4, 0.5) is 0 Å². The minimum Gasteiger partial charge on any atom is -0.147 e. The van der Waals surface area contributed by atoms with Crippen molar-refractivity contribution >= 4 is 11.8 Å². The van der Waals surface area contributed by atoms with E-state index in [0.29, 0.717) is 0 Å². The fourth-order valence-electron chi connectivity index (χ4n) is 0.152. The second-order valence-corrected chi connectivity index (χ2v) is 2.52. The molecule has 0 amide bonds. The van der Waals surface area contributed by atoms with Gasteiger partial charge in [0, 0.05) is 0 Å². The third-order valence-electron chi connectivity index (χ3n) is 0.768. The molecular formula is C3H6N2S. The van der Waals surface area contributed by atoms with Gasteiger partial charge in [-0.2, -0.15) is 0 Å². The first-order valence-electron chi connectivity index (χ1n) is 1.76. The summed E-state index contributed by atoms with van der Waals surface area (Å²) in [6.07, 6.45) is 2.00. The van der Waals surface area contributed by atoms with Crippen LogP contribution in [0, 0.1) is 0 Å². The van der Waals surface area contributed by atoms with Crippen LogP contribution in [0.1, 0.15) is 6.92 Å². The van der Waals surface area contributed by atoms with Gasteiger partial charge in [0.2, 0.25) is 4.99 Å². The van der Waals surface area contributed by atoms with Gasteiger partial charge in [0.05, 0.1) is 0 Å². The van der Waals surface area contributed by atoms with Crippen molar-refractivity contribution < 1.29 is 0 Å². The molecule has 0 bridgehead atoms. The molecule has 0 aromatic rings. The highest BCUT2D eigenvalue weighted by Crippen LogP contribution is 2.36. The second-order valence-electron chi connectivity index (χ2n) is 1.34. The molecule has 0 saturated carbocycles. The van der Waals surface area contributed by atoms with Crippen molar-refractivity contribution in [3.63, 3.8) is 0 Å². The molecule has 0 aromatic carbocycles. The van der Waals surface area contributed by atoms with Crippen LogP contribution in [0.5, 0.6) is 0 Å². The average molecular weight is 102 g/mol. The van der Waals surface area contributed by atoms with Gasteiger partial charge in [0.1, 0.15) is 0 Å². The van der Waals surface area contributed by atoms with E-state index in [1.54, 1.807) is 11.8 Å². The molecule has 0 N–H and O–H groups in total. The molecule has 6 heavy (non-hydrogen) atoms. The summed E-state index contributed by atoms with van der Waals surface area (Å²) in [4.78, 5) is -0.0417. The summed E-state index contributed by atoms with van der Waals surface area (Å²) in [5, 5.41) is 7.48. The van der Waals surface area contributed by atoms with E-state index < -0.39 is 0 Å². The Morgan fingerprint density at radius 2 is 2.00 bits per heavy atom. The molecule has 1 aliphatic heterocycles. The van der Waals surface area contributed by atoms with Gasteiger partial charge in [-0.25, -0.2) is 0 Å². The van der Waals surface area contributed by atoms with Crippen molar-refractivity contribution in [1.29, 1.82) is 0 Å². The van der Waals surface area contributed by atoms with Gasteiger partial charge in [-0.1, -0.05) is 0 Å². The molecule has 0 radical (unpaired) electrons. The minimum absolute atomic E-state index is 0.0417. The Kier molecular flexibility index (Phi) is 0.662. The van der Waals surface area contributed by atoms with Crippen molar-refractivity contribution in [3.8, 4) is 0 Å². The molecule has 0 aliphatic carbocycles. The topological polar surface area (TPSA) is 24.7 Å². The average Bonchev–Trinajstić information content (AvgIpc) is 2.22. The van der Waals surface area contributed by atoms with Crippen LogP contribution < -0.4 is 0 Å². The molecule has 1 aliphatic rings. The quantitative estimate of drug-likeness (QED) is 0.492. The summed E-state index contributed by atoms with van der Waals surface area (Å²) in [6.45, 7) is 1.98. The summed E-state index contributed by atoms with van der Waals surface area (Å²) in [5.41, 5.74) is 0. The number of thioether (sulfide) groups is 1. The Bertz CT molecular complexity index is 82.8. The number of hydrogen-bond donors (Lipinski definition) is 0. The van der Waals surface area contributed by atoms with E-state index in [-0.39, 0.29) is 4.99 Å². The Hall–Kier alpha value is -0.0500. The predicted octanol–water partition coefficient (Wildman–Crippen LogP) is 1.49. The summed E-state index contributed by atoms with van der Waals surface area (Å²) in [6, 6.07) is 0. The summed E-state index contributed by atoms with van der Waals surface area (Å²) in [5.74, 6) is 0. The van der Waals surface area contributed by atoms with Gasteiger partial charge in [0.25, 0.3) is 0 Å². The van der Waals surface area contributed by atoms with Gasteiger partial charge in [-0.15, -0.1) is 22.0 Å². The van der Waals surface area contributed by atoms with E-state index in [2.05, 4.69) is 10.2 Å². The Balaban J connectivity index is 2.32. The third-order valence-corrected chi connectivity index (χ3v) is 1.71. The maximum atomic E-state index is 3.74. The zero-order chi connectivity index (χ0) is 4.62. The normalized spacial score (nSPS) is 24.3. The lowest BCUT2D eigenvalue weighted by atomic mass is 10.7.